The van der Waals surface area contributed by atoms with Gasteiger partial charge in [-0.3, -0.25) is 4.79 Å². The summed E-state index contributed by atoms with van der Waals surface area (Å²) in [5.41, 5.74) is 2.46. The number of benzene rings is 1. The van der Waals surface area contributed by atoms with Gasteiger partial charge in [-0.1, -0.05) is 0 Å². The zero-order chi connectivity index (χ0) is 14.0. The SMILES string of the molecule is COc1ccc(-c2nc(C(C)=O)[nH]c2C)cc1OC. The average molecular weight is 260 g/mol. The van der Waals surface area contributed by atoms with E-state index >= 15 is 0 Å². The highest BCUT2D eigenvalue weighted by atomic mass is 16.5. The Bertz CT molecular complexity index is 617. The number of nitrogens with one attached hydrogen (secondary N) is 1. The van der Waals surface area contributed by atoms with Gasteiger partial charge in [0.05, 0.1) is 19.9 Å². The van der Waals surface area contributed by atoms with Crippen LogP contribution in [-0.2, 0) is 0 Å². The summed E-state index contributed by atoms with van der Waals surface area (Å²) in [6.07, 6.45) is 0. The number of hydrogen-bond donors (Lipinski definition) is 1. The minimum Gasteiger partial charge on any atom is -0.493 e. The molecule has 0 amide bonds. The highest BCUT2D eigenvalue weighted by molar-refractivity contribution is 5.91. The third-order valence-electron chi connectivity index (χ3n) is 2.88. The molecule has 2 aromatic rings. The predicted molar refractivity (Wildman–Crippen MR) is 71.9 cm³/mol. The Kier molecular flexibility index (Phi) is 3.55. The molecule has 0 bridgehead atoms. The quantitative estimate of drug-likeness (QED) is 0.858. The number of hydrogen-bond acceptors (Lipinski definition) is 4. The molecule has 5 nitrogen and oxygen atoms in total. The van der Waals surface area contributed by atoms with E-state index in [1.165, 1.54) is 6.92 Å². The standard InChI is InChI=1S/C14H16N2O3/c1-8-13(16-14(15-8)9(2)17)10-5-6-11(18-3)12(7-10)19-4/h5-7H,1-4H3,(H,15,16). The van der Waals surface area contributed by atoms with Gasteiger partial charge in [-0.15, -0.1) is 0 Å². The van der Waals surface area contributed by atoms with Gasteiger partial charge in [0.25, 0.3) is 0 Å². The van der Waals surface area contributed by atoms with Crippen LogP contribution in [0.15, 0.2) is 18.2 Å². The van der Waals surface area contributed by atoms with Gasteiger partial charge in [0.2, 0.25) is 0 Å². The highest BCUT2D eigenvalue weighted by Crippen LogP contribution is 2.32. The number of aromatic amines is 1. The molecule has 0 radical (unpaired) electrons. The van der Waals surface area contributed by atoms with Crippen molar-refractivity contribution in [3.05, 3.63) is 29.7 Å². The lowest BCUT2D eigenvalue weighted by atomic mass is 10.1. The molecule has 5 heteroatoms. The second-order valence-electron chi connectivity index (χ2n) is 4.18. The summed E-state index contributed by atoms with van der Waals surface area (Å²) in [5, 5.41) is 0. The van der Waals surface area contributed by atoms with Crippen molar-refractivity contribution in [3.8, 4) is 22.8 Å². The minimum atomic E-state index is -0.0881. The van der Waals surface area contributed by atoms with Crippen LogP contribution in [0, 0.1) is 6.92 Å². The predicted octanol–water partition coefficient (Wildman–Crippen LogP) is 2.60. The van der Waals surface area contributed by atoms with E-state index in [0.717, 1.165) is 17.0 Å². The van der Waals surface area contributed by atoms with Gasteiger partial charge in [0.15, 0.2) is 23.1 Å². The fourth-order valence-corrected chi connectivity index (χ4v) is 1.89. The number of Topliss-reactive ketones (excluding diaryl/α,β-unsaturated/α-hetero) is 1. The maximum Gasteiger partial charge on any atom is 0.195 e. The van der Waals surface area contributed by atoms with Crippen molar-refractivity contribution >= 4 is 5.78 Å². The van der Waals surface area contributed by atoms with Gasteiger partial charge in [-0.2, -0.15) is 0 Å². The first kappa shape index (κ1) is 13.1. The molecule has 1 aromatic carbocycles. The number of methoxy groups -OCH3 is 2. The fourth-order valence-electron chi connectivity index (χ4n) is 1.89. The van der Waals surface area contributed by atoms with Crippen LogP contribution in [0.4, 0.5) is 0 Å². The lowest BCUT2D eigenvalue weighted by molar-refractivity contribution is 0.100. The summed E-state index contributed by atoms with van der Waals surface area (Å²) >= 11 is 0. The van der Waals surface area contributed by atoms with E-state index < -0.39 is 0 Å². The van der Waals surface area contributed by atoms with Gasteiger partial charge in [0.1, 0.15) is 0 Å². The average Bonchev–Trinajstić information content (AvgIpc) is 2.80. The van der Waals surface area contributed by atoms with Gasteiger partial charge in [-0.05, 0) is 25.1 Å². The second kappa shape index (κ2) is 5.14. The number of carbonyl (C=O) groups is 1. The Hall–Kier alpha value is -2.30. The molecule has 0 spiro atoms. The van der Waals surface area contributed by atoms with E-state index in [1.807, 2.05) is 25.1 Å². The van der Waals surface area contributed by atoms with E-state index in [1.54, 1.807) is 14.2 Å². The monoisotopic (exact) mass is 260 g/mol. The number of ether oxygens (including phenoxy) is 2. The Morgan fingerprint density at radius 3 is 2.42 bits per heavy atom. The molecule has 0 aliphatic carbocycles. The van der Waals surface area contributed by atoms with E-state index in [4.69, 9.17) is 9.47 Å². The van der Waals surface area contributed by atoms with Crippen LogP contribution < -0.4 is 9.47 Å². The maximum atomic E-state index is 11.3. The van der Waals surface area contributed by atoms with E-state index in [9.17, 15) is 4.79 Å². The van der Waals surface area contributed by atoms with Crippen LogP contribution in [0.3, 0.4) is 0 Å². The number of imidazole rings is 1. The van der Waals surface area contributed by atoms with Gasteiger partial charge in [0, 0.05) is 18.2 Å². The number of aryl methyl sites for hydroxylation is 1. The van der Waals surface area contributed by atoms with Gasteiger partial charge in [-0.25, -0.2) is 4.98 Å². The first-order valence-corrected chi connectivity index (χ1v) is 5.86. The van der Waals surface area contributed by atoms with E-state index in [-0.39, 0.29) is 5.78 Å². The molecular weight excluding hydrogens is 244 g/mol. The van der Waals surface area contributed by atoms with Crippen LogP contribution in [-0.4, -0.2) is 30.0 Å². The van der Waals surface area contributed by atoms with Crippen molar-refractivity contribution in [1.82, 2.24) is 9.97 Å². The molecule has 19 heavy (non-hydrogen) atoms. The van der Waals surface area contributed by atoms with Crippen LogP contribution >= 0.6 is 0 Å². The molecule has 0 atom stereocenters. The Labute approximate surface area is 111 Å². The summed E-state index contributed by atoms with van der Waals surface area (Å²) in [7, 11) is 3.17. The number of ketones is 1. The molecular formula is C14H16N2O3. The molecule has 0 aliphatic heterocycles. The zero-order valence-corrected chi connectivity index (χ0v) is 11.4. The second-order valence-corrected chi connectivity index (χ2v) is 4.18. The van der Waals surface area contributed by atoms with Crippen LogP contribution in [0.2, 0.25) is 0 Å². The third-order valence-corrected chi connectivity index (χ3v) is 2.88. The summed E-state index contributed by atoms with van der Waals surface area (Å²) in [4.78, 5) is 18.6. The topological polar surface area (TPSA) is 64.2 Å². The number of aromatic nitrogens is 2. The minimum absolute atomic E-state index is 0.0881. The number of carbonyl (C=O) groups excluding carboxylic acids is 1. The molecule has 1 aromatic heterocycles. The summed E-state index contributed by atoms with van der Waals surface area (Å²) in [5.74, 6) is 1.56. The van der Waals surface area contributed by atoms with Crippen LogP contribution in [0.1, 0.15) is 23.2 Å². The van der Waals surface area contributed by atoms with Crippen molar-refractivity contribution in [2.75, 3.05) is 14.2 Å². The van der Waals surface area contributed by atoms with E-state index in [2.05, 4.69) is 9.97 Å². The largest absolute Gasteiger partial charge is 0.493 e. The molecule has 0 saturated carbocycles. The van der Waals surface area contributed by atoms with Gasteiger partial charge < -0.3 is 14.5 Å². The molecule has 0 aliphatic rings. The maximum absolute atomic E-state index is 11.3. The number of nitrogens with zero attached hydrogens (tertiary/aromatic N) is 1. The van der Waals surface area contributed by atoms with E-state index in [0.29, 0.717) is 17.3 Å². The smallest absolute Gasteiger partial charge is 0.195 e. The summed E-state index contributed by atoms with van der Waals surface area (Å²) in [6.45, 7) is 3.36. The number of H-pyrrole nitrogens is 1. The van der Waals surface area contributed by atoms with Crippen LogP contribution in [0.25, 0.3) is 11.3 Å². The highest BCUT2D eigenvalue weighted by Gasteiger charge is 2.13. The lowest BCUT2D eigenvalue weighted by Crippen LogP contribution is -1.94. The van der Waals surface area contributed by atoms with Gasteiger partial charge >= 0.3 is 0 Å². The molecule has 1 heterocycles. The Morgan fingerprint density at radius 1 is 1.21 bits per heavy atom. The van der Waals surface area contributed by atoms with Crippen molar-refractivity contribution in [2.24, 2.45) is 0 Å². The fraction of sp³-hybridized carbons (Fsp3) is 0.286. The molecule has 2 rings (SSSR count). The molecule has 1 N–H and O–H groups in total. The van der Waals surface area contributed by atoms with Crippen molar-refractivity contribution in [1.29, 1.82) is 0 Å². The molecule has 0 fully saturated rings. The third kappa shape index (κ3) is 2.45. The summed E-state index contributed by atoms with van der Waals surface area (Å²) in [6, 6.07) is 5.54. The Morgan fingerprint density at radius 2 is 1.89 bits per heavy atom. The lowest BCUT2D eigenvalue weighted by Gasteiger charge is -2.08. The molecule has 0 saturated heterocycles. The molecule has 0 unspecified atom stereocenters. The summed E-state index contributed by atoms with van der Waals surface area (Å²) < 4.78 is 10.5. The molecule has 100 valence electrons. The first-order chi connectivity index (χ1) is 9.06. The van der Waals surface area contributed by atoms with Crippen LogP contribution in [0.5, 0.6) is 11.5 Å². The van der Waals surface area contributed by atoms with Crippen molar-refractivity contribution in [2.45, 2.75) is 13.8 Å². The Balaban J connectivity index is 2.50. The first-order valence-electron chi connectivity index (χ1n) is 5.86. The van der Waals surface area contributed by atoms with Crippen molar-refractivity contribution < 1.29 is 14.3 Å². The van der Waals surface area contributed by atoms with Crippen molar-refractivity contribution in [3.63, 3.8) is 0 Å². The number of rotatable bonds is 4. The normalized spacial score (nSPS) is 10.3. The zero-order valence-electron chi connectivity index (χ0n) is 11.4.